The van der Waals surface area contributed by atoms with E-state index < -0.39 is 21.8 Å². The highest BCUT2D eigenvalue weighted by molar-refractivity contribution is 7.86. The molecule has 6 heteroatoms. The van der Waals surface area contributed by atoms with Crippen molar-refractivity contribution in [2.45, 2.75) is 120 Å². The number of benzene rings is 4. The van der Waals surface area contributed by atoms with E-state index in [2.05, 4.69) is 19.1 Å². The summed E-state index contributed by atoms with van der Waals surface area (Å²) in [5.41, 5.74) is 2.76. The summed E-state index contributed by atoms with van der Waals surface area (Å²) in [6.45, 7) is 4.80. The lowest BCUT2D eigenvalue weighted by Crippen LogP contribution is -2.38. The molecule has 0 N–H and O–H groups in total. The Labute approximate surface area is 320 Å². The maximum atomic E-state index is 13.5. The Morgan fingerprint density at radius 2 is 1.02 bits per heavy atom. The topological polar surface area (TPSA) is 61.8 Å². The Balaban J connectivity index is 1.33. The van der Waals surface area contributed by atoms with E-state index in [1.807, 2.05) is 97.9 Å². The molecule has 0 radical (unpaired) electrons. The quantitative estimate of drug-likeness (QED) is 0.0264. The third kappa shape index (κ3) is 14.3. The highest BCUT2D eigenvalue weighted by Gasteiger charge is 2.39. The molecule has 0 heterocycles. The molecular formula is C47H62O5S. The fourth-order valence-electron chi connectivity index (χ4n) is 6.70. The van der Waals surface area contributed by atoms with Gasteiger partial charge in [-0.05, 0) is 67.9 Å². The SMILES string of the molecule is CCCCCCCC/C=C\CCCCCCCCOCC(COC(c1ccccc1)(c1ccccc1)c1ccccc1)OS(=O)(=O)c1ccc(C)cc1. The van der Waals surface area contributed by atoms with E-state index >= 15 is 0 Å². The van der Waals surface area contributed by atoms with E-state index in [4.69, 9.17) is 13.7 Å². The van der Waals surface area contributed by atoms with Crippen LogP contribution in [-0.2, 0) is 29.4 Å². The summed E-state index contributed by atoms with van der Waals surface area (Å²) in [6.07, 6.45) is 21.3. The lowest BCUT2D eigenvalue weighted by Gasteiger charge is -2.37. The van der Waals surface area contributed by atoms with Crippen LogP contribution in [0, 0.1) is 6.92 Å². The molecule has 0 saturated carbocycles. The van der Waals surface area contributed by atoms with Crippen LogP contribution in [0.3, 0.4) is 0 Å². The van der Waals surface area contributed by atoms with Gasteiger partial charge >= 0.3 is 0 Å². The standard InChI is InChI=1S/C47H62O5S/c1-3-4-5-6-7-8-9-10-11-12-13-14-15-16-17-27-38-50-39-45(52-53(48,49)46-36-34-41(2)35-37-46)40-51-47(42-28-21-18-22-29-42,43-30-23-19-24-31-43)44-32-25-20-26-33-44/h10-11,18-26,28-37,45H,3-9,12-17,27,38-40H2,1-2H3/b11-10-. The fraction of sp³-hybridized carbons (Fsp3) is 0.447. The number of unbranched alkanes of at least 4 members (excludes halogenated alkanes) is 12. The van der Waals surface area contributed by atoms with Gasteiger partial charge in [0.05, 0.1) is 18.1 Å². The third-order valence-electron chi connectivity index (χ3n) is 9.70. The number of allylic oxidation sites excluding steroid dienone is 2. The Bertz CT molecular complexity index is 1560. The Hall–Kier alpha value is -3.55. The Morgan fingerprint density at radius 1 is 0.566 bits per heavy atom. The van der Waals surface area contributed by atoms with Crippen molar-refractivity contribution >= 4 is 10.1 Å². The summed E-state index contributed by atoms with van der Waals surface area (Å²) in [4.78, 5) is 0.113. The molecule has 0 aromatic heterocycles. The molecule has 1 atom stereocenters. The highest BCUT2D eigenvalue weighted by atomic mass is 32.2. The summed E-state index contributed by atoms with van der Waals surface area (Å²) in [7, 11) is -4.08. The Morgan fingerprint density at radius 3 is 1.51 bits per heavy atom. The van der Waals surface area contributed by atoms with Crippen molar-refractivity contribution in [1.82, 2.24) is 0 Å². The summed E-state index contributed by atoms with van der Waals surface area (Å²) in [6, 6.07) is 36.9. The predicted molar refractivity (Wildman–Crippen MR) is 219 cm³/mol. The summed E-state index contributed by atoms with van der Waals surface area (Å²) in [5, 5.41) is 0. The molecular weight excluding hydrogens is 677 g/mol. The molecule has 0 aliphatic rings. The van der Waals surface area contributed by atoms with Crippen LogP contribution in [0.25, 0.3) is 0 Å². The van der Waals surface area contributed by atoms with Gasteiger partial charge in [0.15, 0.2) is 0 Å². The minimum Gasteiger partial charge on any atom is -0.379 e. The van der Waals surface area contributed by atoms with Crippen molar-refractivity contribution < 1.29 is 22.1 Å². The molecule has 4 aromatic rings. The summed E-state index contributed by atoms with van der Waals surface area (Å²) in [5.74, 6) is 0. The Kier molecular flexibility index (Phi) is 19.1. The van der Waals surface area contributed by atoms with E-state index in [-0.39, 0.29) is 18.1 Å². The molecule has 0 aliphatic heterocycles. The molecule has 0 fully saturated rings. The van der Waals surface area contributed by atoms with Gasteiger partial charge in [-0.3, -0.25) is 4.18 Å². The molecule has 4 rings (SSSR count). The molecule has 0 spiro atoms. The van der Waals surface area contributed by atoms with Crippen LogP contribution in [0.4, 0.5) is 0 Å². The van der Waals surface area contributed by atoms with E-state index in [0.29, 0.717) is 6.61 Å². The number of ether oxygens (including phenoxy) is 2. The van der Waals surface area contributed by atoms with Crippen LogP contribution in [0.15, 0.2) is 132 Å². The third-order valence-corrected chi connectivity index (χ3v) is 11.1. The number of aryl methyl sites for hydroxylation is 1. The van der Waals surface area contributed by atoms with Crippen molar-refractivity contribution in [3.05, 3.63) is 150 Å². The fourth-order valence-corrected chi connectivity index (χ4v) is 7.75. The van der Waals surface area contributed by atoms with Crippen LogP contribution >= 0.6 is 0 Å². The zero-order valence-electron chi connectivity index (χ0n) is 32.2. The molecule has 5 nitrogen and oxygen atoms in total. The van der Waals surface area contributed by atoms with Crippen molar-refractivity contribution in [2.75, 3.05) is 19.8 Å². The van der Waals surface area contributed by atoms with E-state index in [1.165, 1.54) is 77.0 Å². The first-order chi connectivity index (χ1) is 26.0. The minimum absolute atomic E-state index is 0.0167. The van der Waals surface area contributed by atoms with E-state index in [1.54, 1.807) is 24.3 Å². The van der Waals surface area contributed by atoms with Crippen molar-refractivity contribution in [3.63, 3.8) is 0 Å². The van der Waals surface area contributed by atoms with Gasteiger partial charge in [-0.2, -0.15) is 8.42 Å². The zero-order valence-corrected chi connectivity index (χ0v) is 33.0. The second kappa shape index (κ2) is 24.0. The normalized spacial score (nSPS) is 12.7. The summed E-state index contributed by atoms with van der Waals surface area (Å²) >= 11 is 0. The zero-order chi connectivity index (χ0) is 37.5. The van der Waals surface area contributed by atoms with Crippen molar-refractivity contribution in [1.29, 1.82) is 0 Å². The second-order valence-corrected chi connectivity index (χ2v) is 15.7. The van der Waals surface area contributed by atoms with Crippen LogP contribution in [0.1, 0.15) is 119 Å². The van der Waals surface area contributed by atoms with Crippen molar-refractivity contribution in [2.24, 2.45) is 0 Å². The molecule has 0 bridgehead atoms. The summed E-state index contributed by atoms with van der Waals surface area (Å²) < 4.78 is 46.1. The average Bonchev–Trinajstić information content (AvgIpc) is 3.19. The van der Waals surface area contributed by atoms with E-state index in [0.717, 1.165) is 35.1 Å². The van der Waals surface area contributed by atoms with Crippen LogP contribution in [-0.4, -0.2) is 34.3 Å². The maximum absolute atomic E-state index is 13.5. The van der Waals surface area contributed by atoms with Gasteiger partial charge in [-0.25, -0.2) is 0 Å². The van der Waals surface area contributed by atoms with E-state index in [9.17, 15) is 8.42 Å². The van der Waals surface area contributed by atoms with Crippen LogP contribution in [0.5, 0.6) is 0 Å². The van der Waals surface area contributed by atoms with Gasteiger partial charge < -0.3 is 9.47 Å². The molecule has 0 amide bonds. The van der Waals surface area contributed by atoms with Gasteiger partial charge in [-0.15, -0.1) is 0 Å². The maximum Gasteiger partial charge on any atom is 0.297 e. The van der Waals surface area contributed by atoms with Gasteiger partial charge in [0.2, 0.25) is 0 Å². The highest BCUT2D eigenvalue weighted by Crippen LogP contribution is 2.40. The van der Waals surface area contributed by atoms with Crippen molar-refractivity contribution in [3.8, 4) is 0 Å². The lowest BCUT2D eigenvalue weighted by molar-refractivity contribution is -0.0535. The second-order valence-electron chi connectivity index (χ2n) is 14.1. The largest absolute Gasteiger partial charge is 0.379 e. The molecule has 0 aliphatic carbocycles. The minimum atomic E-state index is -4.08. The predicted octanol–water partition coefficient (Wildman–Crippen LogP) is 12.1. The molecule has 1 unspecified atom stereocenters. The van der Waals surface area contributed by atoms with Gasteiger partial charge in [0, 0.05) is 6.61 Å². The van der Waals surface area contributed by atoms with Crippen LogP contribution < -0.4 is 0 Å². The van der Waals surface area contributed by atoms with Gasteiger partial charge in [-0.1, -0.05) is 186 Å². The van der Waals surface area contributed by atoms with Crippen LogP contribution in [0.2, 0.25) is 0 Å². The average molecular weight is 739 g/mol. The number of hydrogen-bond acceptors (Lipinski definition) is 5. The number of hydrogen-bond donors (Lipinski definition) is 0. The molecule has 286 valence electrons. The number of rotatable bonds is 27. The van der Waals surface area contributed by atoms with Gasteiger partial charge in [0.25, 0.3) is 10.1 Å². The lowest BCUT2D eigenvalue weighted by atomic mass is 9.80. The van der Waals surface area contributed by atoms with Gasteiger partial charge in [0.1, 0.15) is 11.7 Å². The monoisotopic (exact) mass is 738 g/mol. The first-order valence-electron chi connectivity index (χ1n) is 20.0. The smallest absolute Gasteiger partial charge is 0.297 e. The molecule has 0 saturated heterocycles. The first-order valence-corrected chi connectivity index (χ1v) is 21.4. The molecule has 53 heavy (non-hydrogen) atoms. The molecule has 4 aromatic carbocycles. The first kappa shape index (κ1) is 42.2.